The molecule has 0 heterocycles. The summed E-state index contributed by atoms with van der Waals surface area (Å²) < 4.78 is 0. The lowest BCUT2D eigenvalue weighted by molar-refractivity contribution is 0.279. The lowest BCUT2D eigenvalue weighted by Gasteiger charge is -2.22. The zero-order valence-electron chi connectivity index (χ0n) is 9.29. The summed E-state index contributed by atoms with van der Waals surface area (Å²) in [6, 6.07) is 5.88. The Bertz CT molecular complexity index is 348. The van der Waals surface area contributed by atoms with E-state index in [1.54, 1.807) is 0 Å². The zero-order valence-corrected chi connectivity index (χ0v) is 10.9. The molecule has 0 aromatic heterocycles. The van der Waals surface area contributed by atoms with Crippen molar-refractivity contribution in [3.8, 4) is 0 Å². The molecule has 1 fully saturated rings. The van der Waals surface area contributed by atoms with Crippen molar-refractivity contribution in [3.05, 3.63) is 28.8 Å². The first-order valence-corrected chi connectivity index (χ1v) is 7.12. The average molecular weight is 257 g/mol. The fourth-order valence-electron chi connectivity index (χ4n) is 2.17. The molecule has 1 aliphatic rings. The van der Waals surface area contributed by atoms with Gasteiger partial charge in [-0.2, -0.15) is 0 Å². The van der Waals surface area contributed by atoms with Crippen molar-refractivity contribution in [2.24, 2.45) is 0 Å². The third-order valence-corrected chi connectivity index (χ3v) is 4.88. The van der Waals surface area contributed by atoms with Crippen LogP contribution < -0.4 is 0 Å². The van der Waals surface area contributed by atoms with Crippen LogP contribution in [0.1, 0.15) is 37.7 Å². The molecule has 0 bridgehead atoms. The summed E-state index contributed by atoms with van der Waals surface area (Å²) in [4.78, 5) is 1.15. The smallest absolute Gasteiger partial charge is 0.0707 e. The van der Waals surface area contributed by atoms with Gasteiger partial charge in [0.05, 0.1) is 6.61 Å². The highest BCUT2D eigenvalue weighted by Crippen LogP contribution is 2.37. The van der Waals surface area contributed by atoms with E-state index in [-0.39, 0.29) is 6.61 Å². The van der Waals surface area contributed by atoms with Crippen LogP contribution in [0.3, 0.4) is 0 Å². The number of hydrogen-bond acceptors (Lipinski definition) is 2. The van der Waals surface area contributed by atoms with E-state index in [1.165, 1.54) is 32.1 Å². The van der Waals surface area contributed by atoms with Crippen LogP contribution in [-0.2, 0) is 6.61 Å². The predicted molar refractivity (Wildman–Crippen MR) is 70.1 cm³/mol. The van der Waals surface area contributed by atoms with E-state index >= 15 is 0 Å². The van der Waals surface area contributed by atoms with Gasteiger partial charge >= 0.3 is 0 Å². The SMILES string of the molecule is OCc1c(Cl)cccc1SC1CCCCC1. The minimum Gasteiger partial charge on any atom is -0.392 e. The first-order valence-electron chi connectivity index (χ1n) is 5.86. The Morgan fingerprint density at radius 3 is 2.69 bits per heavy atom. The van der Waals surface area contributed by atoms with Gasteiger partial charge in [0, 0.05) is 20.7 Å². The van der Waals surface area contributed by atoms with Crippen LogP contribution in [0.5, 0.6) is 0 Å². The Morgan fingerprint density at radius 2 is 2.00 bits per heavy atom. The molecule has 1 aliphatic carbocycles. The summed E-state index contributed by atoms with van der Waals surface area (Å²) in [7, 11) is 0. The molecule has 0 unspecified atom stereocenters. The van der Waals surface area contributed by atoms with Crippen LogP contribution in [0.2, 0.25) is 5.02 Å². The normalized spacial score (nSPS) is 17.6. The first kappa shape index (κ1) is 12.3. The number of benzene rings is 1. The lowest BCUT2D eigenvalue weighted by atomic mass is 10.0. The third-order valence-electron chi connectivity index (χ3n) is 3.08. The van der Waals surface area contributed by atoms with Crippen LogP contribution in [0, 0.1) is 0 Å². The van der Waals surface area contributed by atoms with Crippen LogP contribution in [0.25, 0.3) is 0 Å². The second-order valence-electron chi connectivity index (χ2n) is 4.25. The van der Waals surface area contributed by atoms with Gasteiger partial charge in [-0.05, 0) is 25.0 Å². The number of halogens is 1. The quantitative estimate of drug-likeness (QED) is 0.872. The van der Waals surface area contributed by atoms with Gasteiger partial charge in [0.15, 0.2) is 0 Å². The Kier molecular flexibility index (Phi) is 4.56. The Morgan fingerprint density at radius 1 is 1.25 bits per heavy atom. The van der Waals surface area contributed by atoms with E-state index in [2.05, 4.69) is 6.07 Å². The molecule has 88 valence electrons. The number of thioether (sulfide) groups is 1. The largest absolute Gasteiger partial charge is 0.392 e. The molecule has 1 nitrogen and oxygen atoms in total. The van der Waals surface area contributed by atoms with E-state index in [0.29, 0.717) is 10.3 Å². The van der Waals surface area contributed by atoms with Crippen LogP contribution in [-0.4, -0.2) is 10.4 Å². The van der Waals surface area contributed by atoms with Crippen molar-refractivity contribution in [3.63, 3.8) is 0 Å². The topological polar surface area (TPSA) is 20.2 Å². The molecule has 0 aliphatic heterocycles. The lowest BCUT2D eigenvalue weighted by Crippen LogP contribution is -2.08. The van der Waals surface area contributed by atoms with E-state index < -0.39 is 0 Å². The maximum atomic E-state index is 9.33. The number of rotatable bonds is 3. The fourth-order valence-corrected chi connectivity index (χ4v) is 3.86. The highest BCUT2D eigenvalue weighted by molar-refractivity contribution is 8.00. The van der Waals surface area contributed by atoms with Gasteiger partial charge in [-0.3, -0.25) is 0 Å². The van der Waals surface area contributed by atoms with Crippen molar-refractivity contribution < 1.29 is 5.11 Å². The minimum atomic E-state index is 0.0364. The van der Waals surface area contributed by atoms with Gasteiger partial charge in [-0.25, -0.2) is 0 Å². The predicted octanol–water partition coefficient (Wildman–Crippen LogP) is 4.26. The van der Waals surface area contributed by atoms with Gasteiger partial charge in [-0.1, -0.05) is 36.9 Å². The molecular weight excluding hydrogens is 240 g/mol. The molecule has 3 heteroatoms. The van der Waals surface area contributed by atoms with E-state index in [1.807, 2.05) is 23.9 Å². The molecule has 0 radical (unpaired) electrons. The summed E-state index contributed by atoms with van der Waals surface area (Å²) in [6.45, 7) is 0.0364. The number of aliphatic hydroxyl groups is 1. The second-order valence-corrected chi connectivity index (χ2v) is 6.00. The Labute approximate surface area is 106 Å². The monoisotopic (exact) mass is 256 g/mol. The summed E-state index contributed by atoms with van der Waals surface area (Å²) in [6.07, 6.45) is 6.64. The maximum Gasteiger partial charge on any atom is 0.0707 e. The summed E-state index contributed by atoms with van der Waals surface area (Å²) in [5, 5.41) is 10.7. The van der Waals surface area contributed by atoms with Crippen LogP contribution in [0.4, 0.5) is 0 Å². The van der Waals surface area contributed by atoms with Gasteiger partial charge in [0.2, 0.25) is 0 Å². The van der Waals surface area contributed by atoms with Crippen LogP contribution >= 0.6 is 23.4 Å². The standard InChI is InChI=1S/C13H17ClOS/c14-12-7-4-8-13(11(12)9-15)16-10-5-2-1-3-6-10/h4,7-8,10,15H,1-3,5-6,9H2. The van der Waals surface area contributed by atoms with Gasteiger partial charge < -0.3 is 5.11 Å². The van der Waals surface area contributed by atoms with Gasteiger partial charge in [0.1, 0.15) is 0 Å². The Balaban J connectivity index is 2.10. The molecule has 0 atom stereocenters. The molecule has 0 saturated heterocycles. The van der Waals surface area contributed by atoms with E-state index in [9.17, 15) is 5.11 Å². The van der Waals surface area contributed by atoms with Gasteiger partial charge in [-0.15, -0.1) is 11.8 Å². The molecule has 1 aromatic rings. The Hall–Kier alpha value is -0.180. The summed E-state index contributed by atoms with van der Waals surface area (Å²) >= 11 is 7.96. The second kappa shape index (κ2) is 5.95. The molecule has 0 spiro atoms. The fraction of sp³-hybridized carbons (Fsp3) is 0.538. The maximum absolute atomic E-state index is 9.33. The molecule has 1 aromatic carbocycles. The van der Waals surface area contributed by atoms with E-state index in [0.717, 1.165) is 10.5 Å². The number of aliphatic hydroxyl groups excluding tert-OH is 1. The van der Waals surface area contributed by atoms with Crippen molar-refractivity contribution in [2.45, 2.75) is 48.9 Å². The number of hydrogen-bond donors (Lipinski definition) is 1. The van der Waals surface area contributed by atoms with Crippen LogP contribution in [0.15, 0.2) is 23.1 Å². The third kappa shape index (κ3) is 2.93. The van der Waals surface area contributed by atoms with Crippen molar-refractivity contribution in [1.29, 1.82) is 0 Å². The molecule has 1 N–H and O–H groups in total. The minimum absolute atomic E-state index is 0.0364. The van der Waals surface area contributed by atoms with Crippen molar-refractivity contribution in [2.75, 3.05) is 0 Å². The molecule has 0 amide bonds. The first-order chi connectivity index (χ1) is 7.81. The summed E-state index contributed by atoms with van der Waals surface area (Å²) in [5.41, 5.74) is 0.889. The molecule has 2 rings (SSSR count). The molecule has 16 heavy (non-hydrogen) atoms. The van der Waals surface area contributed by atoms with Crippen molar-refractivity contribution >= 4 is 23.4 Å². The highest BCUT2D eigenvalue weighted by Gasteiger charge is 2.16. The average Bonchev–Trinajstić information content (AvgIpc) is 2.31. The molecule has 1 saturated carbocycles. The molecular formula is C13H17ClOS. The summed E-state index contributed by atoms with van der Waals surface area (Å²) in [5.74, 6) is 0. The van der Waals surface area contributed by atoms with Crippen molar-refractivity contribution in [1.82, 2.24) is 0 Å². The zero-order chi connectivity index (χ0) is 11.4. The van der Waals surface area contributed by atoms with E-state index in [4.69, 9.17) is 11.6 Å². The highest BCUT2D eigenvalue weighted by atomic mass is 35.5. The van der Waals surface area contributed by atoms with Gasteiger partial charge in [0.25, 0.3) is 0 Å².